The molecule has 1 aromatic carbocycles. The molecular weight excluding hydrogens is 390 g/mol. The van der Waals surface area contributed by atoms with Gasteiger partial charge in [0.15, 0.2) is 5.13 Å². The van der Waals surface area contributed by atoms with Gasteiger partial charge >= 0.3 is 12.1 Å². The first-order valence-corrected chi connectivity index (χ1v) is 10.1. The Morgan fingerprint density at radius 3 is 2.83 bits per heavy atom. The molecule has 0 bridgehead atoms. The Labute approximate surface area is 173 Å². The van der Waals surface area contributed by atoms with E-state index in [0.717, 1.165) is 23.4 Å². The molecule has 1 aromatic heterocycles. The Bertz CT molecular complexity index is 958. The molecule has 3 rings (SSSR count). The molecule has 0 spiro atoms. The molecule has 0 unspecified atom stereocenters. The molecular formula is C20H23N5O3S. The van der Waals surface area contributed by atoms with Crippen molar-refractivity contribution in [2.45, 2.75) is 51.7 Å². The van der Waals surface area contributed by atoms with Crippen LogP contribution in [0.1, 0.15) is 43.3 Å². The van der Waals surface area contributed by atoms with Crippen molar-refractivity contribution in [3.05, 3.63) is 40.4 Å². The standard InChI is InChI=1S/C20H23N5O3S/c1-20(2,3)28-19(27)23-14-7-8-15-16(10-14)29-18(24-15)25-17(26)22-13-6-4-5-12(9-13)11-21/h4-6,9,14H,7-8,10H2,1-3H3,(H,23,27)(H2,22,24,25,26)/t14-/m1/s1. The van der Waals surface area contributed by atoms with Crippen molar-refractivity contribution in [3.8, 4) is 6.07 Å². The van der Waals surface area contributed by atoms with E-state index in [9.17, 15) is 9.59 Å². The predicted octanol–water partition coefficient (Wildman–Crippen LogP) is 4.04. The number of carbonyl (C=O) groups excluding carboxylic acids is 2. The predicted molar refractivity (Wildman–Crippen MR) is 111 cm³/mol. The number of amides is 3. The molecule has 0 radical (unpaired) electrons. The molecule has 2 aromatic rings. The number of ether oxygens (including phenoxy) is 1. The third-order valence-electron chi connectivity index (χ3n) is 4.13. The lowest BCUT2D eigenvalue weighted by atomic mass is 9.98. The number of aromatic nitrogens is 1. The zero-order valence-electron chi connectivity index (χ0n) is 16.5. The number of carbonyl (C=O) groups is 2. The second kappa shape index (κ2) is 8.49. The second-order valence-corrected chi connectivity index (χ2v) is 8.83. The third-order valence-corrected chi connectivity index (χ3v) is 5.17. The first-order chi connectivity index (χ1) is 13.7. The Balaban J connectivity index is 1.57. The van der Waals surface area contributed by atoms with E-state index in [4.69, 9.17) is 10.00 Å². The maximum atomic E-state index is 12.2. The minimum Gasteiger partial charge on any atom is -0.444 e. The largest absolute Gasteiger partial charge is 0.444 e. The molecule has 3 N–H and O–H groups in total. The lowest BCUT2D eigenvalue weighted by molar-refractivity contribution is 0.0500. The number of aryl methyl sites for hydroxylation is 1. The summed E-state index contributed by atoms with van der Waals surface area (Å²) >= 11 is 1.40. The van der Waals surface area contributed by atoms with Crippen LogP contribution in [0.3, 0.4) is 0 Å². The summed E-state index contributed by atoms with van der Waals surface area (Å²) in [6, 6.07) is 8.26. The van der Waals surface area contributed by atoms with E-state index >= 15 is 0 Å². The molecule has 1 heterocycles. The quantitative estimate of drug-likeness (QED) is 0.702. The van der Waals surface area contributed by atoms with E-state index < -0.39 is 17.7 Å². The molecule has 1 aliphatic rings. The van der Waals surface area contributed by atoms with Gasteiger partial charge in [0.25, 0.3) is 0 Å². The van der Waals surface area contributed by atoms with Crippen LogP contribution >= 0.6 is 11.3 Å². The summed E-state index contributed by atoms with van der Waals surface area (Å²) in [7, 11) is 0. The van der Waals surface area contributed by atoms with Crippen molar-refractivity contribution >= 4 is 34.3 Å². The lowest BCUT2D eigenvalue weighted by Gasteiger charge is -2.25. The van der Waals surface area contributed by atoms with Gasteiger partial charge in [0.05, 0.1) is 17.3 Å². The summed E-state index contributed by atoms with van der Waals surface area (Å²) in [6.07, 6.45) is 1.72. The average Bonchev–Trinajstić information content (AvgIpc) is 3.01. The zero-order valence-corrected chi connectivity index (χ0v) is 17.4. The van der Waals surface area contributed by atoms with Crippen LogP contribution in [-0.2, 0) is 17.6 Å². The summed E-state index contributed by atoms with van der Waals surface area (Å²) in [4.78, 5) is 29.7. The van der Waals surface area contributed by atoms with Gasteiger partial charge in [-0.1, -0.05) is 6.07 Å². The summed E-state index contributed by atoms with van der Waals surface area (Å²) in [5.41, 5.74) is 1.41. The highest BCUT2D eigenvalue weighted by molar-refractivity contribution is 7.15. The summed E-state index contributed by atoms with van der Waals surface area (Å²) in [5, 5.41) is 17.8. The van der Waals surface area contributed by atoms with Crippen LogP contribution in [0.5, 0.6) is 0 Å². The molecule has 3 amide bonds. The zero-order chi connectivity index (χ0) is 21.0. The van der Waals surface area contributed by atoms with Gasteiger partial charge in [-0.25, -0.2) is 14.6 Å². The Hall–Kier alpha value is -3.12. The number of alkyl carbamates (subject to hydrolysis) is 1. The second-order valence-electron chi connectivity index (χ2n) is 7.75. The van der Waals surface area contributed by atoms with Crippen molar-refractivity contribution in [2.75, 3.05) is 10.6 Å². The van der Waals surface area contributed by atoms with Gasteiger partial charge in [-0.3, -0.25) is 5.32 Å². The number of urea groups is 1. The molecule has 0 fully saturated rings. The third kappa shape index (κ3) is 5.93. The van der Waals surface area contributed by atoms with E-state index in [1.165, 1.54) is 11.3 Å². The first kappa shape index (κ1) is 20.6. The van der Waals surface area contributed by atoms with Crippen molar-refractivity contribution in [1.82, 2.24) is 10.3 Å². The van der Waals surface area contributed by atoms with E-state index in [1.54, 1.807) is 24.3 Å². The highest BCUT2D eigenvalue weighted by Crippen LogP contribution is 2.30. The fraction of sp³-hybridized carbons (Fsp3) is 0.400. The van der Waals surface area contributed by atoms with Crippen LogP contribution in [0.25, 0.3) is 0 Å². The Morgan fingerprint density at radius 1 is 1.31 bits per heavy atom. The van der Waals surface area contributed by atoms with Gasteiger partial charge in [0.1, 0.15) is 5.60 Å². The van der Waals surface area contributed by atoms with Gasteiger partial charge in [-0.15, -0.1) is 11.3 Å². The fourth-order valence-corrected chi connectivity index (χ4v) is 4.03. The van der Waals surface area contributed by atoms with E-state index in [2.05, 4.69) is 20.9 Å². The minimum absolute atomic E-state index is 0.0202. The number of rotatable bonds is 3. The number of benzene rings is 1. The van der Waals surface area contributed by atoms with Crippen LogP contribution in [0.15, 0.2) is 24.3 Å². The molecule has 0 saturated heterocycles. The smallest absolute Gasteiger partial charge is 0.407 e. The van der Waals surface area contributed by atoms with Crippen molar-refractivity contribution < 1.29 is 14.3 Å². The lowest BCUT2D eigenvalue weighted by Crippen LogP contribution is -2.41. The number of nitrogens with zero attached hydrogens (tertiary/aromatic N) is 2. The maximum Gasteiger partial charge on any atom is 0.407 e. The van der Waals surface area contributed by atoms with Gasteiger partial charge in [-0.05, 0) is 51.8 Å². The topological polar surface area (TPSA) is 116 Å². The number of hydrogen-bond acceptors (Lipinski definition) is 6. The van der Waals surface area contributed by atoms with Gasteiger partial charge in [-0.2, -0.15) is 5.26 Å². The van der Waals surface area contributed by atoms with E-state index in [1.807, 2.05) is 26.8 Å². The number of anilines is 2. The maximum absolute atomic E-state index is 12.2. The first-order valence-electron chi connectivity index (χ1n) is 9.28. The van der Waals surface area contributed by atoms with Crippen molar-refractivity contribution in [3.63, 3.8) is 0 Å². The van der Waals surface area contributed by atoms with Crippen LogP contribution in [-0.4, -0.2) is 28.8 Å². The molecule has 0 saturated carbocycles. The normalized spacial score (nSPS) is 15.6. The fourth-order valence-electron chi connectivity index (χ4n) is 2.95. The Morgan fingerprint density at radius 2 is 2.10 bits per heavy atom. The molecule has 29 heavy (non-hydrogen) atoms. The van der Waals surface area contributed by atoms with Crippen LogP contribution in [0.2, 0.25) is 0 Å². The van der Waals surface area contributed by atoms with Gasteiger partial charge < -0.3 is 15.4 Å². The SMILES string of the molecule is CC(C)(C)OC(=O)N[C@@H]1CCc2nc(NC(=O)Nc3cccc(C#N)c3)sc2C1. The molecule has 1 atom stereocenters. The monoisotopic (exact) mass is 413 g/mol. The van der Waals surface area contributed by atoms with Gasteiger partial charge in [0, 0.05) is 23.0 Å². The number of nitriles is 1. The van der Waals surface area contributed by atoms with Crippen LogP contribution in [0, 0.1) is 11.3 Å². The molecule has 9 heteroatoms. The summed E-state index contributed by atoms with van der Waals surface area (Å²) < 4.78 is 5.31. The Kier molecular flexibility index (Phi) is 6.03. The number of fused-ring (bicyclic) bond motifs is 1. The number of hydrogen-bond donors (Lipinski definition) is 3. The highest BCUT2D eigenvalue weighted by atomic mass is 32.1. The number of thiazole rings is 1. The van der Waals surface area contributed by atoms with Crippen LogP contribution in [0.4, 0.5) is 20.4 Å². The van der Waals surface area contributed by atoms with E-state index in [-0.39, 0.29) is 6.04 Å². The summed E-state index contributed by atoms with van der Waals surface area (Å²) in [6.45, 7) is 5.48. The molecule has 8 nitrogen and oxygen atoms in total. The minimum atomic E-state index is -0.536. The van der Waals surface area contributed by atoms with Crippen molar-refractivity contribution in [1.29, 1.82) is 5.26 Å². The molecule has 1 aliphatic carbocycles. The number of nitrogens with one attached hydrogen (secondary N) is 3. The average molecular weight is 414 g/mol. The summed E-state index contributed by atoms with van der Waals surface area (Å²) in [5.74, 6) is 0. The van der Waals surface area contributed by atoms with E-state index in [0.29, 0.717) is 22.8 Å². The van der Waals surface area contributed by atoms with Gasteiger partial charge in [0.2, 0.25) is 0 Å². The molecule has 152 valence electrons. The van der Waals surface area contributed by atoms with Crippen LogP contribution < -0.4 is 16.0 Å². The van der Waals surface area contributed by atoms with Crippen molar-refractivity contribution in [2.24, 2.45) is 0 Å². The highest BCUT2D eigenvalue weighted by Gasteiger charge is 2.26. The molecule has 0 aliphatic heterocycles.